The minimum absolute atomic E-state index is 0.0184. The Balaban J connectivity index is 1.44. The summed E-state index contributed by atoms with van der Waals surface area (Å²) in [5.41, 5.74) is 1.61. The molecular weight excluding hydrogens is 448 g/mol. The smallest absolute Gasteiger partial charge is 0.318 e. The number of fused-ring (bicyclic) bond motifs is 4. The molecule has 170 valence electrons. The van der Waals surface area contributed by atoms with Gasteiger partial charge in [-0.05, 0) is 55.0 Å². The van der Waals surface area contributed by atoms with Crippen molar-refractivity contribution in [1.29, 1.82) is 0 Å². The van der Waals surface area contributed by atoms with Crippen LogP contribution in [0.25, 0.3) is 0 Å². The first-order valence-electron chi connectivity index (χ1n) is 10.7. The van der Waals surface area contributed by atoms with Crippen molar-refractivity contribution >= 4 is 41.0 Å². The molecule has 0 aliphatic carbocycles. The normalized spacial score (nSPS) is 20.2. The minimum Gasteiger partial charge on any atom is -0.326 e. The van der Waals surface area contributed by atoms with Crippen molar-refractivity contribution in [2.45, 2.75) is 31.3 Å². The Hall–Kier alpha value is -2.45. The summed E-state index contributed by atoms with van der Waals surface area (Å²) in [7, 11) is 0. The van der Waals surface area contributed by atoms with E-state index in [1.165, 1.54) is 0 Å². The molecule has 1 aromatic carbocycles. The molecule has 1 saturated heterocycles. The summed E-state index contributed by atoms with van der Waals surface area (Å²) in [4.78, 5) is 40.0. The van der Waals surface area contributed by atoms with Gasteiger partial charge in [0.2, 0.25) is 5.91 Å². The quantitative estimate of drug-likeness (QED) is 0.672. The topological polar surface area (TPSA) is 83.4 Å². The number of aromatic nitrogens is 1. The molecule has 7 nitrogen and oxygen atoms in total. The summed E-state index contributed by atoms with van der Waals surface area (Å²) >= 11 is 7.64. The van der Waals surface area contributed by atoms with E-state index in [1.807, 2.05) is 16.9 Å². The summed E-state index contributed by atoms with van der Waals surface area (Å²) in [6, 6.07) is 11.4. The molecule has 2 bridgehead atoms. The molecule has 1 aromatic heterocycles. The Kier molecular flexibility index (Phi) is 7.10. The summed E-state index contributed by atoms with van der Waals surface area (Å²) in [6.45, 7) is 1.74. The van der Waals surface area contributed by atoms with Gasteiger partial charge in [-0.1, -0.05) is 23.7 Å². The monoisotopic (exact) mass is 474 g/mol. The number of piperidine rings is 1. The molecule has 3 heterocycles. The molecule has 2 aliphatic rings. The molecule has 32 heavy (non-hydrogen) atoms. The molecule has 4 rings (SSSR count). The molecule has 3 atom stereocenters. The number of pyridine rings is 1. The highest BCUT2D eigenvalue weighted by atomic mass is 35.5. The van der Waals surface area contributed by atoms with Crippen molar-refractivity contribution in [3.63, 3.8) is 0 Å². The van der Waals surface area contributed by atoms with Crippen molar-refractivity contribution in [3.05, 3.63) is 63.5 Å². The number of halogens is 1. The van der Waals surface area contributed by atoms with Crippen LogP contribution in [0.3, 0.4) is 0 Å². The van der Waals surface area contributed by atoms with Gasteiger partial charge in [0.15, 0.2) is 0 Å². The largest absolute Gasteiger partial charge is 0.326 e. The highest BCUT2D eigenvalue weighted by molar-refractivity contribution is 7.98. The Labute approximate surface area is 196 Å². The van der Waals surface area contributed by atoms with Crippen LogP contribution in [-0.2, 0) is 11.3 Å². The van der Waals surface area contributed by atoms with Crippen molar-refractivity contribution in [3.8, 4) is 0 Å². The number of likely N-dealkylation sites (tertiary alicyclic amines) is 1. The fourth-order valence-corrected chi connectivity index (χ4v) is 5.26. The third kappa shape index (κ3) is 5.13. The van der Waals surface area contributed by atoms with Gasteiger partial charge in [0.25, 0.3) is 5.56 Å². The molecule has 0 radical (unpaired) electrons. The SMILES string of the molecule is CSCC[C@H](NC(=O)N1C[C@H]2C[C@@H](C1)c1cccc(=O)n1C2)C(=O)Nc1cccc(Cl)c1. The van der Waals surface area contributed by atoms with Gasteiger partial charge in [-0.3, -0.25) is 9.59 Å². The van der Waals surface area contributed by atoms with E-state index < -0.39 is 6.04 Å². The Morgan fingerprint density at radius 1 is 1.19 bits per heavy atom. The lowest BCUT2D eigenvalue weighted by Gasteiger charge is -2.43. The number of benzene rings is 1. The van der Waals surface area contributed by atoms with Gasteiger partial charge in [-0.2, -0.15) is 11.8 Å². The van der Waals surface area contributed by atoms with E-state index in [1.54, 1.807) is 53.1 Å². The number of amides is 3. The standard InChI is InChI=1S/C23H27ClN4O3S/c1-32-9-8-19(22(30)25-18-5-2-4-17(24)11-18)26-23(31)27-12-15-10-16(14-27)20-6-3-7-21(29)28(20)13-15/h2-7,11,15-16,19H,8-10,12-14H2,1H3,(H,25,30)(H,26,31)/t15-,16+,19+/m1/s1. The number of anilines is 1. The average Bonchev–Trinajstić information content (AvgIpc) is 2.77. The molecule has 9 heteroatoms. The Morgan fingerprint density at radius 2 is 2.00 bits per heavy atom. The second kappa shape index (κ2) is 10.0. The Morgan fingerprint density at radius 3 is 2.78 bits per heavy atom. The fraction of sp³-hybridized carbons (Fsp3) is 0.435. The highest BCUT2D eigenvalue weighted by Crippen LogP contribution is 2.34. The summed E-state index contributed by atoms with van der Waals surface area (Å²) < 4.78 is 1.84. The maximum atomic E-state index is 13.1. The van der Waals surface area contributed by atoms with Crippen LogP contribution < -0.4 is 16.2 Å². The second-order valence-corrected chi connectivity index (χ2v) is 9.81. The van der Waals surface area contributed by atoms with E-state index in [0.29, 0.717) is 36.8 Å². The molecule has 2 aromatic rings. The zero-order valence-corrected chi connectivity index (χ0v) is 19.5. The van der Waals surface area contributed by atoms with Crippen LogP contribution in [0, 0.1) is 5.92 Å². The van der Waals surface area contributed by atoms with Gasteiger partial charge in [0.05, 0.1) is 0 Å². The number of nitrogens with one attached hydrogen (secondary N) is 2. The summed E-state index contributed by atoms with van der Waals surface area (Å²) in [5.74, 6) is 0.850. The molecule has 3 amide bonds. The first kappa shape index (κ1) is 22.7. The van der Waals surface area contributed by atoms with Crippen LogP contribution in [0.2, 0.25) is 5.02 Å². The van der Waals surface area contributed by atoms with Crippen LogP contribution >= 0.6 is 23.4 Å². The van der Waals surface area contributed by atoms with Gasteiger partial charge >= 0.3 is 6.03 Å². The van der Waals surface area contributed by atoms with Gasteiger partial charge in [0, 0.05) is 48.0 Å². The number of nitrogens with zero attached hydrogens (tertiary/aromatic N) is 2. The van der Waals surface area contributed by atoms with E-state index >= 15 is 0 Å². The lowest BCUT2D eigenvalue weighted by atomic mass is 9.83. The van der Waals surface area contributed by atoms with Crippen LogP contribution in [0.1, 0.15) is 24.5 Å². The molecule has 0 saturated carbocycles. The zero-order chi connectivity index (χ0) is 22.7. The van der Waals surface area contributed by atoms with Gasteiger partial charge < -0.3 is 20.1 Å². The molecular formula is C23H27ClN4O3S. The van der Waals surface area contributed by atoms with Gasteiger partial charge in [-0.25, -0.2) is 4.79 Å². The number of carbonyl (C=O) groups excluding carboxylic acids is 2. The number of hydrogen-bond acceptors (Lipinski definition) is 4. The Bertz CT molecular complexity index is 1060. The predicted molar refractivity (Wildman–Crippen MR) is 129 cm³/mol. The van der Waals surface area contributed by atoms with E-state index in [9.17, 15) is 14.4 Å². The first-order chi connectivity index (χ1) is 15.4. The van der Waals surface area contributed by atoms with Crippen LogP contribution in [0.5, 0.6) is 0 Å². The number of carbonyl (C=O) groups is 2. The maximum absolute atomic E-state index is 13.1. The minimum atomic E-state index is -0.648. The average molecular weight is 475 g/mol. The lowest BCUT2D eigenvalue weighted by Crippen LogP contribution is -2.55. The van der Waals surface area contributed by atoms with E-state index in [-0.39, 0.29) is 29.3 Å². The maximum Gasteiger partial charge on any atom is 0.318 e. The van der Waals surface area contributed by atoms with Crippen LogP contribution in [-0.4, -0.2) is 52.5 Å². The first-order valence-corrected chi connectivity index (χ1v) is 12.5. The predicted octanol–water partition coefficient (Wildman–Crippen LogP) is 3.39. The number of rotatable bonds is 6. The van der Waals surface area contributed by atoms with Crippen molar-refractivity contribution in [2.75, 3.05) is 30.4 Å². The molecule has 1 fully saturated rings. The summed E-state index contributed by atoms with van der Waals surface area (Å²) in [6.07, 6.45) is 3.47. The molecule has 0 spiro atoms. The third-order valence-corrected chi connectivity index (χ3v) is 6.96. The molecule has 2 aliphatic heterocycles. The molecule has 0 unspecified atom stereocenters. The van der Waals surface area contributed by atoms with Crippen molar-refractivity contribution in [2.24, 2.45) is 5.92 Å². The van der Waals surface area contributed by atoms with Gasteiger partial charge in [-0.15, -0.1) is 0 Å². The molecule has 2 N–H and O–H groups in total. The van der Waals surface area contributed by atoms with E-state index in [4.69, 9.17) is 11.6 Å². The van der Waals surface area contributed by atoms with Crippen LogP contribution in [0.15, 0.2) is 47.3 Å². The second-order valence-electron chi connectivity index (χ2n) is 8.39. The number of hydrogen-bond donors (Lipinski definition) is 2. The van der Waals surface area contributed by atoms with E-state index in [0.717, 1.165) is 17.9 Å². The number of urea groups is 1. The van der Waals surface area contributed by atoms with Crippen LogP contribution in [0.4, 0.5) is 10.5 Å². The third-order valence-electron chi connectivity index (χ3n) is 6.08. The number of thioether (sulfide) groups is 1. The fourth-order valence-electron chi connectivity index (χ4n) is 4.60. The summed E-state index contributed by atoms with van der Waals surface area (Å²) in [5, 5.41) is 6.33. The van der Waals surface area contributed by atoms with Crippen molar-refractivity contribution in [1.82, 2.24) is 14.8 Å². The highest BCUT2D eigenvalue weighted by Gasteiger charge is 2.37. The van der Waals surface area contributed by atoms with Gasteiger partial charge in [0.1, 0.15) is 6.04 Å². The zero-order valence-electron chi connectivity index (χ0n) is 17.9. The van der Waals surface area contributed by atoms with E-state index in [2.05, 4.69) is 10.6 Å². The lowest BCUT2D eigenvalue weighted by molar-refractivity contribution is -0.118. The van der Waals surface area contributed by atoms with Crippen molar-refractivity contribution < 1.29 is 9.59 Å².